The van der Waals surface area contributed by atoms with Gasteiger partial charge < -0.3 is 34.9 Å². The van der Waals surface area contributed by atoms with Crippen LogP contribution in [0, 0.1) is 0 Å². The van der Waals surface area contributed by atoms with E-state index in [1.165, 1.54) is 7.11 Å². The molecule has 0 aliphatic carbocycles. The number of halogens is 3. The number of carbonyl (C=O) groups is 2. The van der Waals surface area contributed by atoms with Crippen molar-refractivity contribution >= 4 is 29.5 Å². The highest BCUT2D eigenvalue weighted by Crippen LogP contribution is 2.27. The van der Waals surface area contributed by atoms with E-state index in [1.807, 2.05) is 24.3 Å². The Labute approximate surface area is 270 Å². The van der Waals surface area contributed by atoms with Gasteiger partial charge in [0.1, 0.15) is 11.5 Å². The molecule has 0 radical (unpaired) electrons. The molecule has 3 N–H and O–H groups in total. The molecule has 2 aromatic carbocycles. The van der Waals surface area contributed by atoms with Crippen LogP contribution in [0.5, 0.6) is 17.5 Å². The summed E-state index contributed by atoms with van der Waals surface area (Å²) in [5.41, 5.74) is 1.55. The number of rotatable bonds is 7. The van der Waals surface area contributed by atoms with Crippen LogP contribution in [0.15, 0.2) is 42.5 Å². The summed E-state index contributed by atoms with van der Waals surface area (Å²) in [6.45, 7) is -0.0986. The lowest BCUT2D eigenvalue weighted by molar-refractivity contribution is -0.154. The molecule has 0 saturated heterocycles. The van der Waals surface area contributed by atoms with E-state index in [2.05, 4.69) is 35.6 Å². The highest BCUT2D eigenvalue weighted by molar-refractivity contribution is 5.97. The van der Waals surface area contributed by atoms with Gasteiger partial charge in [0.2, 0.25) is 11.9 Å². The van der Waals surface area contributed by atoms with Gasteiger partial charge in [-0.1, -0.05) is 37.8 Å². The monoisotopic (exact) mass is 660 g/mol. The van der Waals surface area contributed by atoms with Gasteiger partial charge in [0, 0.05) is 31.3 Å². The Bertz CT molecular complexity index is 1460. The Hall–Kier alpha value is -4.82. The van der Waals surface area contributed by atoms with E-state index in [9.17, 15) is 22.8 Å². The molecule has 1 amide bonds. The van der Waals surface area contributed by atoms with E-state index in [0.29, 0.717) is 31.1 Å². The van der Waals surface area contributed by atoms with Crippen LogP contribution in [0.2, 0.25) is 0 Å². The summed E-state index contributed by atoms with van der Waals surface area (Å²) in [4.78, 5) is 36.7. The fourth-order valence-corrected chi connectivity index (χ4v) is 4.54. The summed E-state index contributed by atoms with van der Waals surface area (Å²) in [6, 6.07) is 11.7. The Morgan fingerprint density at radius 1 is 0.915 bits per heavy atom. The maximum atomic E-state index is 13.0. The third-order valence-electron chi connectivity index (χ3n) is 6.97. The van der Waals surface area contributed by atoms with Gasteiger partial charge >= 0.3 is 18.2 Å². The van der Waals surface area contributed by atoms with Crippen molar-refractivity contribution in [3.63, 3.8) is 0 Å². The molecule has 0 unspecified atom stereocenters. The summed E-state index contributed by atoms with van der Waals surface area (Å²) in [5.74, 6) is 0.173. The molecule has 0 fully saturated rings. The zero-order chi connectivity index (χ0) is 33.5. The Morgan fingerprint density at radius 3 is 2.34 bits per heavy atom. The van der Waals surface area contributed by atoms with Crippen molar-refractivity contribution in [1.82, 2.24) is 20.3 Å². The SMILES string of the molecule is COC(=O)CCCNC(=O)c1ccc2cc1OCCCCCCCCOc1ccc(cc1)CNc1nc(nc(OCC(F)(F)F)n1)N2. The van der Waals surface area contributed by atoms with Crippen molar-refractivity contribution < 1.29 is 41.7 Å². The molecule has 0 spiro atoms. The first-order valence-corrected chi connectivity index (χ1v) is 15.5. The summed E-state index contributed by atoms with van der Waals surface area (Å²) in [6.07, 6.45) is 1.74. The van der Waals surface area contributed by atoms with E-state index in [-0.39, 0.29) is 42.9 Å². The number of anilines is 3. The quantitative estimate of drug-likeness (QED) is 0.204. The molecule has 0 atom stereocenters. The van der Waals surface area contributed by atoms with E-state index in [1.54, 1.807) is 18.2 Å². The normalized spacial score (nSPS) is 14.4. The van der Waals surface area contributed by atoms with Crippen LogP contribution in [-0.4, -0.2) is 66.5 Å². The van der Waals surface area contributed by atoms with Gasteiger partial charge in [0.15, 0.2) is 6.61 Å². The molecule has 15 heteroatoms. The van der Waals surface area contributed by atoms with Crippen molar-refractivity contribution in [1.29, 1.82) is 0 Å². The van der Waals surface area contributed by atoms with Crippen LogP contribution in [0.4, 0.5) is 30.8 Å². The lowest BCUT2D eigenvalue weighted by Gasteiger charge is -2.15. The molecule has 2 aliphatic rings. The second-order valence-corrected chi connectivity index (χ2v) is 10.8. The van der Waals surface area contributed by atoms with Crippen molar-refractivity contribution in [2.24, 2.45) is 0 Å². The largest absolute Gasteiger partial charge is 0.494 e. The number of carbonyl (C=O) groups excluding carboxylic acids is 2. The Kier molecular flexibility index (Phi) is 13.2. The van der Waals surface area contributed by atoms with E-state index in [0.717, 1.165) is 49.8 Å². The number of hydrogen-bond acceptors (Lipinski definition) is 11. The predicted molar refractivity (Wildman–Crippen MR) is 167 cm³/mol. The first-order chi connectivity index (χ1) is 22.7. The highest BCUT2D eigenvalue weighted by Gasteiger charge is 2.29. The summed E-state index contributed by atoms with van der Waals surface area (Å²) in [7, 11) is 1.30. The molecule has 0 saturated carbocycles. The number of hydrogen-bond donors (Lipinski definition) is 3. The molecular weight excluding hydrogens is 621 g/mol. The van der Waals surface area contributed by atoms with Crippen LogP contribution < -0.4 is 30.2 Å². The molecule has 12 nitrogen and oxygen atoms in total. The number of esters is 1. The second-order valence-electron chi connectivity index (χ2n) is 10.8. The fourth-order valence-electron chi connectivity index (χ4n) is 4.54. The third-order valence-corrected chi connectivity index (χ3v) is 6.97. The van der Waals surface area contributed by atoms with Crippen LogP contribution in [0.25, 0.3) is 0 Å². The molecule has 3 heterocycles. The molecule has 2 aliphatic heterocycles. The van der Waals surface area contributed by atoms with Crippen LogP contribution in [0.3, 0.4) is 0 Å². The molecule has 254 valence electrons. The average molecular weight is 661 g/mol. The Balaban J connectivity index is 1.57. The zero-order valence-corrected chi connectivity index (χ0v) is 26.2. The van der Waals surface area contributed by atoms with Crippen molar-refractivity contribution in [2.45, 2.75) is 64.1 Å². The lowest BCUT2D eigenvalue weighted by Crippen LogP contribution is -2.25. The topological polar surface area (TPSA) is 146 Å². The highest BCUT2D eigenvalue weighted by atomic mass is 19.4. The van der Waals surface area contributed by atoms with Crippen molar-refractivity contribution in [3.8, 4) is 17.5 Å². The number of ether oxygens (including phenoxy) is 4. The van der Waals surface area contributed by atoms with Crippen LogP contribution >= 0.6 is 0 Å². The minimum atomic E-state index is -4.60. The van der Waals surface area contributed by atoms with E-state index < -0.39 is 24.7 Å². The number of fused-ring (bicyclic) bond motifs is 12. The smallest absolute Gasteiger partial charge is 0.422 e. The maximum absolute atomic E-state index is 13.0. The Morgan fingerprint density at radius 2 is 1.62 bits per heavy atom. The van der Waals surface area contributed by atoms with Gasteiger partial charge in [0.25, 0.3) is 5.91 Å². The summed E-state index contributed by atoms with van der Waals surface area (Å²) in [5, 5.41) is 8.74. The van der Waals surface area contributed by atoms with E-state index in [4.69, 9.17) is 14.2 Å². The predicted octanol–water partition coefficient (Wildman–Crippen LogP) is 5.96. The zero-order valence-electron chi connectivity index (χ0n) is 26.2. The molecular formula is C32H39F3N6O6. The minimum absolute atomic E-state index is 0.0159. The first kappa shape index (κ1) is 35.0. The molecule has 5 rings (SSSR count). The molecule has 47 heavy (non-hydrogen) atoms. The number of benzene rings is 2. The van der Waals surface area contributed by atoms with Crippen molar-refractivity contribution in [3.05, 3.63) is 53.6 Å². The molecule has 1 aromatic heterocycles. The third kappa shape index (κ3) is 12.5. The lowest BCUT2D eigenvalue weighted by atomic mass is 10.1. The summed E-state index contributed by atoms with van der Waals surface area (Å²) >= 11 is 0. The first-order valence-electron chi connectivity index (χ1n) is 15.5. The van der Waals surface area contributed by atoms with E-state index >= 15 is 0 Å². The number of amides is 1. The van der Waals surface area contributed by atoms with Gasteiger partial charge in [-0.3, -0.25) is 9.59 Å². The molecule has 3 aromatic rings. The molecule has 6 bridgehead atoms. The number of methoxy groups -OCH3 is 1. The number of alkyl halides is 3. The van der Waals surface area contributed by atoms with Crippen LogP contribution in [-0.2, 0) is 16.1 Å². The van der Waals surface area contributed by atoms with Gasteiger partial charge in [0.05, 0.1) is 25.9 Å². The minimum Gasteiger partial charge on any atom is -0.494 e. The standard InChI is InChI=1S/C32H39F3N6O6/c1-44-27(42)9-8-16-36-28(43)25-15-12-23-19-26(25)46-18-7-5-3-2-4-6-17-45-24-13-10-22(11-14-24)20-37-29-39-30(38-23)41-31(40-29)47-21-32(33,34)35/h10-15,19H,2-9,16-18,20-21H2,1H3,(H,36,43)(H2,37,38,39,40,41). The van der Waals surface area contributed by atoms with Gasteiger partial charge in [-0.15, -0.1) is 0 Å². The number of aromatic nitrogens is 3. The number of nitrogens with one attached hydrogen (secondary N) is 3. The van der Waals surface area contributed by atoms with Crippen molar-refractivity contribution in [2.75, 3.05) is 44.1 Å². The average Bonchev–Trinajstić information content (AvgIpc) is 3.05. The number of nitrogens with zero attached hydrogens (tertiary/aromatic N) is 3. The van der Waals surface area contributed by atoms with Gasteiger partial charge in [-0.25, -0.2) is 0 Å². The summed E-state index contributed by atoms with van der Waals surface area (Å²) < 4.78 is 60.1. The van der Waals surface area contributed by atoms with Gasteiger partial charge in [-0.2, -0.15) is 28.1 Å². The van der Waals surface area contributed by atoms with Gasteiger partial charge in [-0.05, 0) is 49.1 Å². The fraction of sp³-hybridized carbons (Fsp3) is 0.469. The van der Waals surface area contributed by atoms with Crippen LogP contribution in [0.1, 0.15) is 67.3 Å². The second kappa shape index (κ2) is 17.8. The maximum Gasteiger partial charge on any atom is 0.422 e.